The molecule has 1 aromatic heterocycles. The zero-order chi connectivity index (χ0) is 23.5. The Morgan fingerprint density at radius 2 is 1.81 bits per heavy atom. The van der Waals surface area contributed by atoms with Gasteiger partial charge in [-0.3, -0.25) is 4.79 Å². The standard InChI is InChI=1S/C22H22N2O7S/c1-13(2)24-32(28,29)20-7-5-4-6-18(20)22(27)30-12-15-10-21(26)31-19-11-16(23-14(3)25)8-9-17(15)19/h4-11,13,24H,12H2,1-3H3,(H,23,25). The maximum atomic E-state index is 12.7. The second-order valence-corrected chi connectivity index (χ2v) is 9.01. The van der Waals surface area contributed by atoms with Crippen molar-refractivity contribution in [2.75, 3.05) is 5.32 Å². The minimum atomic E-state index is -3.92. The predicted molar refractivity (Wildman–Crippen MR) is 118 cm³/mol. The van der Waals surface area contributed by atoms with E-state index in [4.69, 9.17) is 9.15 Å². The zero-order valence-corrected chi connectivity index (χ0v) is 18.5. The van der Waals surface area contributed by atoms with E-state index in [2.05, 4.69) is 10.0 Å². The summed E-state index contributed by atoms with van der Waals surface area (Å²) in [7, 11) is -3.92. The van der Waals surface area contributed by atoms with Gasteiger partial charge in [0.1, 0.15) is 12.2 Å². The van der Waals surface area contributed by atoms with Crippen LogP contribution in [0.15, 0.2) is 62.6 Å². The van der Waals surface area contributed by atoms with E-state index in [0.717, 1.165) is 0 Å². The molecule has 1 heterocycles. The van der Waals surface area contributed by atoms with E-state index in [1.165, 1.54) is 43.3 Å². The maximum Gasteiger partial charge on any atom is 0.339 e. The van der Waals surface area contributed by atoms with E-state index in [1.54, 1.807) is 26.0 Å². The first-order chi connectivity index (χ1) is 15.1. The number of esters is 1. The zero-order valence-electron chi connectivity index (χ0n) is 17.7. The maximum absolute atomic E-state index is 12.7. The quantitative estimate of drug-likeness (QED) is 0.411. The molecule has 0 aliphatic carbocycles. The van der Waals surface area contributed by atoms with E-state index in [1.807, 2.05) is 0 Å². The summed E-state index contributed by atoms with van der Waals surface area (Å²) in [6, 6.07) is 11.3. The van der Waals surface area contributed by atoms with Crippen LogP contribution in [0.5, 0.6) is 0 Å². The molecule has 32 heavy (non-hydrogen) atoms. The van der Waals surface area contributed by atoms with Crippen molar-refractivity contribution in [2.45, 2.75) is 38.3 Å². The van der Waals surface area contributed by atoms with Crippen LogP contribution in [0.25, 0.3) is 11.0 Å². The van der Waals surface area contributed by atoms with Crippen molar-refractivity contribution in [3.8, 4) is 0 Å². The number of carbonyl (C=O) groups is 2. The average molecular weight is 458 g/mol. The predicted octanol–water partition coefficient (Wildman–Crippen LogP) is 2.80. The van der Waals surface area contributed by atoms with Crippen LogP contribution < -0.4 is 15.7 Å². The smallest absolute Gasteiger partial charge is 0.339 e. The molecule has 10 heteroatoms. The molecule has 3 rings (SSSR count). The molecular formula is C22H22N2O7S. The van der Waals surface area contributed by atoms with E-state index in [0.29, 0.717) is 16.6 Å². The number of rotatable bonds is 7. The fraction of sp³-hybridized carbons (Fsp3) is 0.227. The van der Waals surface area contributed by atoms with Crippen LogP contribution in [-0.2, 0) is 26.2 Å². The van der Waals surface area contributed by atoms with E-state index < -0.39 is 21.6 Å². The minimum absolute atomic E-state index is 0.124. The van der Waals surface area contributed by atoms with Crippen LogP contribution in [0.4, 0.5) is 5.69 Å². The molecule has 0 saturated heterocycles. The molecule has 0 radical (unpaired) electrons. The van der Waals surface area contributed by atoms with Gasteiger partial charge in [0.2, 0.25) is 15.9 Å². The van der Waals surface area contributed by atoms with Crippen molar-refractivity contribution in [3.05, 3.63) is 70.1 Å². The van der Waals surface area contributed by atoms with E-state index in [-0.39, 0.29) is 34.6 Å². The first-order valence-corrected chi connectivity index (χ1v) is 11.2. The van der Waals surface area contributed by atoms with Crippen LogP contribution in [0.3, 0.4) is 0 Å². The highest BCUT2D eigenvalue weighted by atomic mass is 32.2. The van der Waals surface area contributed by atoms with E-state index >= 15 is 0 Å². The van der Waals surface area contributed by atoms with Crippen molar-refractivity contribution in [2.24, 2.45) is 0 Å². The average Bonchev–Trinajstić information content (AvgIpc) is 2.70. The molecule has 0 saturated carbocycles. The van der Waals surface area contributed by atoms with Gasteiger partial charge in [-0.05, 0) is 38.1 Å². The molecule has 3 aromatic rings. The molecule has 0 aliphatic rings. The van der Waals surface area contributed by atoms with Crippen molar-refractivity contribution < 1.29 is 27.2 Å². The summed E-state index contributed by atoms with van der Waals surface area (Å²) in [4.78, 5) is 35.7. The van der Waals surface area contributed by atoms with Gasteiger partial charge in [0, 0.05) is 41.7 Å². The molecule has 0 atom stereocenters. The summed E-state index contributed by atoms with van der Waals surface area (Å²) in [5.74, 6) is -1.14. The van der Waals surface area contributed by atoms with Crippen LogP contribution in [-0.4, -0.2) is 26.3 Å². The van der Waals surface area contributed by atoms with Crippen molar-refractivity contribution in [1.29, 1.82) is 0 Å². The summed E-state index contributed by atoms with van der Waals surface area (Å²) in [5, 5.41) is 3.10. The van der Waals surface area contributed by atoms with Crippen LogP contribution in [0, 0.1) is 0 Å². The van der Waals surface area contributed by atoms with Gasteiger partial charge in [0.25, 0.3) is 0 Å². The highest BCUT2D eigenvalue weighted by molar-refractivity contribution is 7.89. The number of amides is 1. The lowest BCUT2D eigenvalue weighted by Gasteiger charge is -2.13. The second kappa shape index (κ2) is 9.33. The molecule has 0 bridgehead atoms. The molecule has 2 aromatic carbocycles. The lowest BCUT2D eigenvalue weighted by molar-refractivity contribution is -0.114. The minimum Gasteiger partial charge on any atom is -0.457 e. The van der Waals surface area contributed by atoms with Gasteiger partial charge in [-0.15, -0.1) is 0 Å². The fourth-order valence-electron chi connectivity index (χ4n) is 3.09. The summed E-state index contributed by atoms with van der Waals surface area (Å²) in [6.07, 6.45) is 0. The first kappa shape index (κ1) is 23.2. The van der Waals surface area contributed by atoms with Crippen molar-refractivity contribution >= 4 is 38.6 Å². The number of nitrogens with one attached hydrogen (secondary N) is 2. The molecule has 168 valence electrons. The van der Waals surface area contributed by atoms with Gasteiger partial charge in [0.05, 0.1) is 10.5 Å². The Bertz CT molecular complexity index is 1340. The van der Waals surface area contributed by atoms with Gasteiger partial charge >= 0.3 is 11.6 Å². The molecule has 0 spiro atoms. The van der Waals surface area contributed by atoms with Gasteiger partial charge in [-0.1, -0.05) is 12.1 Å². The summed E-state index contributed by atoms with van der Waals surface area (Å²) in [5.41, 5.74) is 0.242. The SMILES string of the molecule is CC(=O)Nc1ccc2c(COC(=O)c3ccccc3S(=O)(=O)NC(C)C)cc(=O)oc2c1. The van der Waals surface area contributed by atoms with Crippen LogP contribution in [0.2, 0.25) is 0 Å². The number of fused-ring (bicyclic) bond motifs is 1. The Hall–Kier alpha value is -3.50. The first-order valence-electron chi connectivity index (χ1n) is 9.69. The number of carbonyl (C=O) groups excluding carboxylic acids is 2. The largest absolute Gasteiger partial charge is 0.457 e. The third-order valence-corrected chi connectivity index (χ3v) is 6.01. The molecule has 9 nitrogen and oxygen atoms in total. The highest BCUT2D eigenvalue weighted by Crippen LogP contribution is 2.23. The monoisotopic (exact) mass is 458 g/mol. The van der Waals surface area contributed by atoms with Crippen LogP contribution >= 0.6 is 0 Å². The van der Waals surface area contributed by atoms with Crippen molar-refractivity contribution in [1.82, 2.24) is 4.72 Å². The number of ether oxygens (including phenoxy) is 1. The Labute approximate surface area is 184 Å². The van der Waals surface area contributed by atoms with Gasteiger partial charge in [-0.25, -0.2) is 22.7 Å². The van der Waals surface area contributed by atoms with Gasteiger partial charge in [-0.2, -0.15) is 0 Å². The molecule has 0 unspecified atom stereocenters. The van der Waals surface area contributed by atoms with E-state index in [9.17, 15) is 22.8 Å². The third kappa shape index (κ3) is 5.40. The number of hydrogen-bond donors (Lipinski definition) is 2. The normalized spacial score (nSPS) is 11.5. The Kier molecular flexibility index (Phi) is 6.75. The Balaban J connectivity index is 1.89. The summed E-state index contributed by atoms with van der Waals surface area (Å²) < 4.78 is 38.1. The number of benzene rings is 2. The van der Waals surface area contributed by atoms with Crippen LogP contribution in [0.1, 0.15) is 36.7 Å². The topological polar surface area (TPSA) is 132 Å². The number of anilines is 1. The molecule has 0 fully saturated rings. The summed E-state index contributed by atoms with van der Waals surface area (Å²) >= 11 is 0. The number of hydrogen-bond acceptors (Lipinski definition) is 7. The second-order valence-electron chi connectivity index (χ2n) is 7.33. The molecule has 1 amide bonds. The Morgan fingerprint density at radius 1 is 1.09 bits per heavy atom. The van der Waals surface area contributed by atoms with Crippen molar-refractivity contribution in [3.63, 3.8) is 0 Å². The van der Waals surface area contributed by atoms with Gasteiger partial charge in [0.15, 0.2) is 0 Å². The number of sulfonamides is 1. The molecule has 2 N–H and O–H groups in total. The summed E-state index contributed by atoms with van der Waals surface area (Å²) in [6.45, 7) is 4.40. The van der Waals surface area contributed by atoms with Gasteiger partial charge < -0.3 is 14.5 Å². The lowest BCUT2D eigenvalue weighted by atomic mass is 10.1. The fourth-order valence-corrected chi connectivity index (χ4v) is 4.54. The third-order valence-electron chi connectivity index (χ3n) is 4.30. The lowest BCUT2D eigenvalue weighted by Crippen LogP contribution is -2.31. The molecular weight excluding hydrogens is 436 g/mol. The highest BCUT2D eigenvalue weighted by Gasteiger charge is 2.24. The Morgan fingerprint density at radius 3 is 2.50 bits per heavy atom. The molecule has 0 aliphatic heterocycles.